The summed E-state index contributed by atoms with van der Waals surface area (Å²) in [5.74, 6) is 0.719. The van der Waals surface area contributed by atoms with E-state index < -0.39 is 0 Å². The number of para-hydroxylation sites is 2. The third-order valence-corrected chi connectivity index (χ3v) is 5.75. The highest BCUT2D eigenvalue weighted by atomic mass is 16.5. The van der Waals surface area contributed by atoms with Gasteiger partial charge in [0.1, 0.15) is 16.7 Å². The van der Waals surface area contributed by atoms with Crippen molar-refractivity contribution >= 4 is 33.2 Å². The fraction of sp³-hybridized carbons (Fsp3) is 0.500. The van der Waals surface area contributed by atoms with Gasteiger partial charge in [-0.05, 0) is 38.8 Å². The zero-order valence-corrected chi connectivity index (χ0v) is 18.7. The van der Waals surface area contributed by atoms with Crippen LogP contribution in [0.3, 0.4) is 0 Å². The number of aromatic nitrogens is 5. The topological polar surface area (TPSA) is 74.8 Å². The maximum Gasteiger partial charge on any atom is 0.265 e. The molecule has 0 radical (unpaired) electrons. The molecule has 7 heteroatoms. The van der Waals surface area contributed by atoms with Crippen molar-refractivity contribution in [3.63, 3.8) is 0 Å². The Morgan fingerprint density at radius 1 is 0.871 bits per heavy atom. The first-order chi connectivity index (χ1) is 15.2. The number of unbranched alkanes of at least 4 members (excludes halogenated alkanes) is 3. The number of hydrogen-bond donors (Lipinski definition) is 0. The molecule has 0 bridgehead atoms. The molecule has 0 atom stereocenters. The molecule has 4 aromatic rings. The third kappa shape index (κ3) is 4.19. The molecule has 0 aliphatic rings. The lowest BCUT2D eigenvalue weighted by atomic mass is 10.2. The molecule has 31 heavy (non-hydrogen) atoms. The van der Waals surface area contributed by atoms with E-state index in [0.717, 1.165) is 48.3 Å². The Morgan fingerprint density at radius 2 is 1.61 bits per heavy atom. The van der Waals surface area contributed by atoms with Crippen LogP contribution in [-0.2, 0) is 17.8 Å². The molecule has 0 N–H and O–H groups in total. The van der Waals surface area contributed by atoms with Gasteiger partial charge in [0.05, 0.1) is 11.0 Å². The molecule has 0 spiro atoms. The second-order valence-corrected chi connectivity index (χ2v) is 7.96. The molecule has 0 saturated carbocycles. The van der Waals surface area contributed by atoms with Gasteiger partial charge in [-0.2, -0.15) is 0 Å². The molecule has 1 aromatic carbocycles. The molecule has 3 aromatic heterocycles. The molecule has 0 amide bonds. The van der Waals surface area contributed by atoms with Gasteiger partial charge in [-0.3, -0.25) is 9.36 Å². The van der Waals surface area contributed by atoms with Crippen LogP contribution in [0.15, 0.2) is 29.1 Å². The fourth-order valence-corrected chi connectivity index (χ4v) is 4.14. The monoisotopic (exact) mass is 421 g/mol. The van der Waals surface area contributed by atoms with E-state index >= 15 is 0 Å². The van der Waals surface area contributed by atoms with Gasteiger partial charge in [-0.25, -0.2) is 15.0 Å². The van der Waals surface area contributed by atoms with Gasteiger partial charge in [-0.15, -0.1) is 0 Å². The maximum absolute atomic E-state index is 13.6. The van der Waals surface area contributed by atoms with E-state index in [1.807, 2.05) is 38.1 Å². The quantitative estimate of drug-likeness (QED) is 0.350. The van der Waals surface area contributed by atoms with Crippen molar-refractivity contribution in [2.75, 3.05) is 13.2 Å². The van der Waals surface area contributed by atoms with E-state index in [-0.39, 0.29) is 5.56 Å². The average Bonchev–Trinajstić information content (AvgIpc) is 3.06. The van der Waals surface area contributed by atoms with E-state index in [9.17, 15) is 4.79 Å². The van der Waals surface area contributed by atoms with E-state index in [0.29, 0.717) is 36.3 Å². The minimum atomic E-state index is -0.0408. The van der Waals surface area contributed by atoms with Crippen LogP contribution in [0, 0.1) is 6.92 Å². The number of rotatable bonds is 10. The molecule has 0 saturated heterocycles. The summed E-state index contributed by atoms with van der Waals surface area (Å²) < 4.78 is 9.29. The number of ether oxygens (including phenoxy) is 1. The van der Waals surface area contributed by atoms with Crippen molar-refractivity contribution in [2.24, 2.45) is 0 Å². The zero-order chi connectivity index (χ0) is 21.8. The van der Waals surface area contributed by atoms with Crippen molar-refractivity contribution in [2.45, 2.75) is 66.0 Å². The molecule has 4 rings (SSSR count). The Bertz CT molecular complexity index is 1260. The van der Waals surface area contributed by atoms with Gasteiger partial charge in [0.2, 0.25) is 0 Å². The van der Waals surface area contributed by atoms with Crippen molar-refractivity contribution < 1.29 is 4.74 Å². The molecule has 0 fully saturated rings. The van der Waals surface area contributed by atoms with Crippen LogP contribution in [0.4, 0.5) is 0 Å². The van der Waals surface area contributed by atoms with Crippen LogP contribution in [0.2, 0.25) is 0 Å². The van der Waals surface area contributed by atoms with Gasteiger partial charge in [-0.1, -0.05) is 38.3 Å². The van der Waals surface area contributed by atoms with Crippen LogP contribution >= 0.6 is 0 Å². The molecule has 164 valence electrons. The normalized spacial score (nSPS) is 11.8. The van der Waals surface area contributed by atoms with Crippen molar-refractivity contribution in [1.29, 1.82) is 0 Å². The minimum Gasteiger partial charge on any atom is -0.382 e. The van der Waals surface area contributed by atoms with Crippen molar-refractivity contribution in [1.82, 2.24) is 24.1 Å². The first-order valence-corrected chi connectivity index (χ1v) is 11.4. The highest BCUT2D eigenvalue weighted by Crippen LogP contribution is 2.26. The van der Waals surface area contributed by atoms with E-state index in [1.54, 1.807) is 4.57 Å². The number of benzene rings is 1. The number of fused-ring (bicyclic) bond motifs is 4. The highest BCUT2D eigenvalue weighted by Gasteiger charge is 2.20. The zero-order valence-electron chi connectivity index (χ0n) is 18.7. The Morgan fingerprint density at radius 3 is 2.35 bits per heavy atom. The van der Waals surface area contributed by atoms with Gasteiger partial charge in [0.15, 0.2) is 11.3 Å². The summed E-state index contributed by atoms with van der Waals surface area (Å²) in [5.41, 5.74) is 3.69. The Kier molecular flexibility index (Phi) is 6.61. The van der Waals surface area contributed by atoms with Gasteiger partial charge < -0.3 is 9.30 Å². The Hall–Kier alpha value is -2.80. The predicted molar refractivity (Wildman–Crippen MR) is 125 cm³/mol. The van der Waals surface area contributed by atoms with Gasteiger partial charge in [0.25, 0.3) is 5.56 Å². The number of aryl methyl sites for hydroxylation is 2. The predicted octanol–water partition coefficient (Wildman–Crippen LogP) is 4.61. The lowest BCUT2D eigenvalue weighted by Crippen LogP contribution is -2.25. The highest BCUT2D eigenvalue weighted by molar-refractivity contribution is 6.04. The van der Waals surface area contributed by atoms with Crippen LogP contribution in [0.25, 0.3) is 33.2 Å². The average molecular weight is 422 g/mol. The van der Waals surface area contributed by atoms with Crippen LogP contribution in [0.1, 0.15) is 51.8 Å². The summed E-state index contributed by atoms with van der Waals surface area (Å²) in [5, 5.41) is 0.575. The van der Waals surface area contributed by atoms with Crippen LogP contribution in [-0.4, -0.2) is 37.3 Å². The van der Waals surface area contributed by atoms with E-state index in [4.69, 9.17) is 19.7 Å². The van der Waals surface area contributed by atoms with Crippen molar-refractivity contribution in [3.8, 4) is 0 Å². The minimum absolute atomic E-state index is 0.0408. The molecule has 0 unspecified atom stereocenters. The first kappa shape index (κ1) is 21.4. The van der Waals surface area contributed by atoms with Gasteiger partial charge >= 0.3 is 0 Å². The summed E-state index contributed by atoms with van der Waals surface area (Å²) >= 11 is 0. The van der Waals surface area contributed by atoms with E-state index in [1.165, 1.54) is 12.8 Å². The molecular formula is C24H31N5O2. The lowest BCUT2D eigenvalue weighted by molar-refractivity contribution is 0.141. The molecule has 3 heterocycles. The summed E-state index contributed by atoms with van der Waals surface area (Å²) in [7, 11) is 0. The Labute approximate surface area is 182 Å². The summed E-state index contributed by atoms with van der Waals surface area (Å²) in [4.78, 5) is 28.2. The van der Waals surface area contributed by atoms with Crippen LogP contribution in [0.5, 0.6) is 0 Å². The summed E-state index contributed by atoms with van der Waals surface area (Å²) in [6.07, 6.45) is 5.32. The fourth-order valence-electron chi connectivity index (χ4n) is 4.14. The molecule has 0 aliphatic heterocycles. The SMILES string of the molecule is CCCCCCn1c2nc3ccccc3nc2c2c(=O)n(CCCOCC)c(C)nc21. The smallest absolute Gasteiger partial charge is 0.265 e. The summed E-state index contributed by atoms with van der Waals surface area (Å²) in [6.45, 7) is 8.76. The molecule has 0 aliphatic carbocycles. The molecule has 7 nitrogen and oxygen atoms in total. The lowest BCUT2D eigenvalue weighted by Gasteiger charge is -2.11. The number of nitrogens with zero attached hydrogens (tertiary/aromatic N) is 5. The number of hydrogen-bond acceptors (Lipinski definition) is 5. The van der Waals surface area contributed by atoms with E-state index in [2.05, 4.69) is 11.5 Å². The van der Waals surface area contributed by atoms with Crippen LogP contribution < -0.4 is 5.56 Å². The molecular weight excluding hydrogens is 390 g/mol. The largest absolute Gasteiger partial charge is 0.382 e. The second kappa shape index (κ2) is 9.56. The Balaban J connectivity index is 1.89. The first-order valence-electron chi connectivity index (χ1n) is 11.4. The summed E-state index contributed by atoms with van der Waals surface area (Å²) in [6, 6.07) is 7.81. The van der Waals surface area contributed by atoms with Gasteiger partial charge in [0, 0.05) is 26.3 Å². The standard InChI is InChI=1S/C24H31N5O2/c1-4-6-7-10-14-29-22-20(21-23(29)27-19-13-9-8-12-18(19)26-21)24(30)28(17(3)25-22)15-11-16-31-5-2/h8-9,12-13H,4-7,10-11,14-16H2,1-3H3. The second-order valence-electron chi connectivity index (χ2n) is 7.96. The van der Waals surface area contributed by atoms with Crippen molar-refractivity contribution in [3.05, 3.63) is 40.4 Å². The third-order valence-electron chi connectivity index (χ3n) is 5.75. The maximum atomic E-state index is 13.6.